The van der Waals surface area contributed by atoms with Gasteiger partial charge in [-0.05, 0) is 82.7 Å². The fraction of sp³-hybridized carbons (Fsp3) is 0.533. The van der Waals surface area contributed by atoms with Gasteiger partial charge in [-0.25, -0.2) is 0 Å². The highest BCUT2D eigenvalue weighted by Crippen LogP contribution is 2.35. The molecular formula is C15H18Br3NO. The van der Waals surface area contributed by atoms with E-state index in [2.05, 4.69) is 53.9 Å². The Labute approximate surface area is 146 Å². The number of alkyl halides is 1. The highest BCUT2D eigenvalue weighted by Gasteiger charge is 2.15. The minimum Gasteiger partial charge on any atom is -0.491 e. The van der Waals surface area contributed by atoms with Crippen LogP contribution < -0.4 is 4.74 Å². The molecule has 1 rings (SSSR count). The first-order valence-electron chi connectivity index (χ1n) is 6.47. The quantitative estimate of drug-likeness (QED) is 0.353. The van der Waals surface area contributed by atoms with Crippen molar-refractivity contribution < 1.29 is 4.74 Å². The van der Waals surface area contributed by atoms with Gasteiger partial charge in [-0.15, -0.1) is 0 Å². The first kappa shape index (κ1) is 18.0. The van der Waals surface area contributed by atoms with Gasteiger partial charge in [0.15, 0.2) is 0 Å². The maximum Gasteiger partial charge on any atom is 0.147 e. The zero-order valence-corrected chi connectivity index (χ0v) is 16.4. The van der Waals surface area contributed by atoms with Crippen molar-refractivity contribution in [3.63, 3.8) is 0 Å². The number of nitrogens with zero attached hydrogens (tertiary/aromatic N) is 1. The highest BCUT2D eigenvalue weighted by molar-refractivity contribution is 9.11. The Morgan fingerprint density at radius 1 is 1.20 bits per heavy atom. The molecule has 0 unspecified atom stereocenters. The van der Waals surface area contributed by atoms with E-state index in [9.17, 15) is 0 Å². The van der Waals surface area contributed by atoms with E-state index in [1.807, 2.05) is 26.0 Å². The summed E-state index contributed by atoms with van der Waals surface area (Å²) in [5.74, 6) is 0.842. The highest BCUT2D eigenvalue weighted by atomic mass is 79.9. The lowest BCUT2D eigenvalue weighted by Gasteiger charge is -2.15. The lowest BCUT2D eigenvalue weighted by atomic mass is 9.89. The molecule has 0 saturated heterocycles. The van der Waals surface area contributed by atoms with E-state index in [1.165, 1.54) is 5.56 Å². The second kappa shape index (κ2) is 8.41. The molecule has 0 aliphatic heterocycles. The molecule has 0 amide bonds. The summed E-state index contributed by atoms with van der Waals surface area (Å²) in [6.07, 6.45) is 2.84. The summed E-state index contributed by atoms with van der Waals surface area (Å²) in [5.41, 5.74) is 0.950. The molecule has 0 bridgehead atoms. The molecule has 20 heavy (non-hydrogen) atoms. The monoisotopic (exact) mass is 465 g/mol. The van der Waals surface area contributed by atoms with Crippen LogP contribution in [0.3, 0.4) is 0 Å². The molecule has 0 spiro atoms. The van der Waals surface area contributed by atoms with Gasteiger partial charge in [-0.3, -0.25) is 0 Å². The Balaban J connectivity index is 2.45. The van der Waals surface area contributed by atoms with Crippen LogP contribution in [0.4, 0.5) is 0 Å². The molecule has 0 saturated carbocycles. The van der Waals surface area contributed by atoms with Gasteiger partial charge in [0.05, 0.1) is 27.0 Å². The Kier molecular flexibility index (Phi) is 7.57. The van der Waals surface area contributed by atoms with Crippen LogP contribution in [0, 0.1) is 16.7 Å². The van der Waals surface area contributed by atoms with Crippen LogP contribution in [-0.4, -0.2) is 6.61 Å². The van der Waals surface area contributed by atoms with Crippen LogP contribution in [0.2, 0.25) is 0 Å². The maximum atomic E-state index is 8.95. The molecule has 110 valence electrons. The van der Waals surface area contributed by atoms with Gasteiger partial charge < -0.3 is 4.74 Å². The third-order valence-corrected chi connectivity index (χ3v) is 4.78. The molecule has 2 nitrogen and oxygen atoms in total. The molecule has 1 aromatic carbocycles. The molecule has 5 heteroatoms. The van der Waals surface area contributed by atoms with Crippen LogP contribution in [0.25, 0.3) is 0 Å². The predicted octanol–water partition coefficient (Wildman–Crippen LogP) is 6.21. The molecule has 0 fully saturated rings. The third kappa shape index (κ3) is 5.75. The second-order valence-electron chi connectivity index (χ2n) is 5.32. The number of nitriles is 1. The second-order valence-corrected chi connectivity index (χ2v) is 7.59. The number of unbranched alkanes of at least 4 members (excludes halogenated alkanes) is 1. The Morgan fingerprint density at radius 3 is 2.30 bits per heavy atom. The Bertz CT molecular complexity index is 471. The fourth-order valence-corrected chi connectivity index (χ4v) is 3.56. The summed E-state index contributed by atoms with van der Waals surface area (Å²) >= 11 is 10.5. The van der Waals surface area contributed by atoms with Crippen LogP contribution in [0.5, 0.6) is 5.75 Å². The van der Waals surface area contributed by atoms with Crippen molar-refractivity contribution in [3.8, 4) is 11.8 Å². The molecule has 0 aliphatic rings. The summed E-state index contributed by atoms with van der Waals surface area (Å²) in [6, 6.07) is 6.42. The van der Waals surface area contributed by atoms with Gasteiger partial charge >= 0.3 is 0 Å². The smallest absolute Gasteiger partial charge is 0.147 e. The first-order chi connectivity index (χ1) is 9.39. The van der Waals surface area contributed by atoms with Crippen LogP contribution in [-0.2, 0) is 5.33 Å². The molecule has 0 radical (unpaired) electrons. The van der Waals surface area contributed by atoms with E-state index in [4.69, 9.17) is 10.00 Å². The minimum absolute atomic E-state index is 0.237. The van der Waals surface area contributed by atoms with Crippen LogP contribution in [0.15, 0.2) is 21.1 Å². The molecule has 0 N–H and O–H groups in total. The SMILES string of the molecule is CC(C)(C#N)CCCCOc1c(Br)cc(CBr)cc1Br. The van der Waals surface area contributed by atoms with Gasteiger partial charge in [0.1, 0.15) is 5.75 Å². The molecule has 0 aromatic heterocycles. The number of rotatable bonds is 7. The van der Waals surface area contributed by atoms with E-state index >= 15 is 0 Å². The van der Waals surface area contributed by atoms with Crippen molar-refractivity contribution >= 4 is 47.8 Å². The van der Waals surface area contributed by atoms with Crippen molar-refractivity contribution in [1.82, 2.24) is 0 Å². The van der Waals surface area contributed by atoms with Crippen molar-refractivity contribution in [3.05, 3.63) is 26.6 Å². The zero-order chi connectivity index (χ0) is 15.2. The van der Waals surface area contributed by atoms with E-state index in [0.29, 0.717) is 6.61 Å². The third-order valence-electron chi connectivity index (χ3n) is 2.96. The van der Waals surface area contributed by atoms with E-state index in [1.54, 1.807) is 0 Å². The van der Waals surface area contributed by atoms with Gasteiger partial charge in [-0.1, -0.05) is 15.9 Å². The number of benzene rings is 1. The summed E-state index contributed by atoms with van der Waals surface area (Å²) in [4.78, 5) is 0. The van der Waals surface area contributed by atoms with Gasteiger partial charge in [0.2, 0.25) is 0 Å². The zero-order valence-electron chi connectivity index (χ0n) is 11.7. The topological polar surface area (TPSA) is 33.0 Å². The van der Waals surface area contributed by atoms with Gasteiger partial charge in [-0.2, -0.15) is 5.26 Å². The average molecular weight is 468 g/mol. The largest absolute Gasteiger partial charge is 0.491 e. The minimum atomic E-state index is -0.237. The van der Waals surface area contributed by atoms with Crippen molar-refractivity contribution in [2.24, 2.45) is 5.41 Å². The van der Waals surface area contributed by atoms with Gasteiger partial charge in [0, 0.05) is 5.33 Å². The van der Waals surface area contributed by atoms with Crippen molar-refractivity contribution in [2.75, 3.05) is 6.61 Å². The van der Waals surface area contributed by atoms with E-state index in [0.717, 1.165) is 39.3 Å². The number of halogens is 3. The van der Waals surface area contributed by atoms with Gasteiger partial charge in [0.25, 0.3) is 0 Å². The lowest BCUT2D eigenvalue weighted by molar-refractivity contribution is 0.292. The number of hydrogen-bond acceptors (Lipinski definition) is 2. The predicted molar refractivity (Wildman–Crippen MR) is 93.2 cm³/mol. The van der Waals surface area contributed by atoms with E-state index in [-0.39, 0.29) is 5.41 Å². The summed E-state index contributed by atoms with van der Waals surface area (Å²) in [7, 11) is 0. The molecule has 0 atom stereocenters. The Hall–Kier alpha value is -0.0500. The first-order valence-corrected chi connectivity index (χ1v) is 9.18. The Morgan fingerprint density at radius 2 is 1.80 bits per heavy atom. The normalized spacial score (nSPS) is 11.2. The summed E-state index contributed by atoms with van der Waals surface area (Å²) in [5, 5.41) is 9.77. The molecule has 1 aromatic rings. The van der Waals surface area contributed by atoms with E-state index < -0.39 is 0 Å². The maximum absolute atomic E-state index is 8.95. The molecule has 0 heterocycles. The number of ether oxygens (including phenoxy) is 1. The average Bonchev–Trinajstić information content (AvgIpc) is 2.40. The molecule has 0 aliphatic carbocycles. The van der Waals surface area contributed by atoms with Crippen molar-refractivity contribution in [2.45, 2.75) is 38.4 Å². The number of hydrogen-bond donors (Lipinski definition) is 0. The summed E-state index contributed by atoms with van der Waals surface area (Å²) < 4.78 is 7.74. The molecular weight excluding hydrogens is 450 g/mol. The van der Waals surface area contributed by atoms with Crippen molar-refractivity contribution in [1.29, 1.82) is 5.26 Å². The summed E-state index contributed by atoms with van der Waals surface area (Å²) in [6.45, 7) is 4.60. The van der Waals surface area contributed by atoms with Crippen LogP contribution >= 0.6 is 47.8 Å². The van der Waals surface area contributed by atoms with Crippen LogP contribution in [0.1, 0.15) is 38.7 Å². The standard InChI is InChI=1S/C15H18Br3NO/c1-15(2,10-19)5-3-4-6-20-14-12(17)7-11(9-16)8-13(14)18/h7-8H,3-6,9H2,1-2H3. The lowest BCUT2D eigenvalue weighted by Crippen LogP contribution is -2.08. The fourth-order valence-electron chi connectivity index (χ4n) is 1.73.